The molecular formula is C24H27FN4O5S. The summed E-state index contributed by atoms with van der Waals surface area (Å²) in [6, 6.07) is 8.03. The highest BCUT2D eigenvalue weighted by atomic mass is 32.2. The maximum atomic E-state index is 15.9. The first-order valence-electron chi connectivity index (χ1n) is 11.4. The van der Waals surface area contributed by atoms with Crippen molar-refractivity contribution < 1.29 is 22.3 Å². The zero-order chi connectivity index (χ0) is 25.2. The van der Waals surface area contributed by atoms with Crippen LogP contribution in [0.2, 0.25) is 0 Å². The quantitative estimate of drug-likeness (QED) is 0.410. The van der Waals surface area contributed by atoms with E-state index in [4.69, 9.17) is 4.74 Å². The molecule has 1 fully saturated rings. The van der Waals surface area contributed by atoms with Crippen LogP contribution in [0.4, 0.5) is 4.39 Å². The van der Waals surface area contributed by atoms with E-state index in [0.717, 1.165) is 31.9 Å². The number of nitrogens with one attached hydrogen (secondary N) is 2. The van der Waals surface area contributed by atoms with Gasteiger partial charge in [0.1, 0.15) is 11.3 Å². The van der Waals surface area contributed by atoms with Gasteiger partial charge in [-0.05, 0) is 55.5 Å². The fourth-order valence-electron chi connectivity index (χ4n) is 3.67. The normalized spacial score (nSPS) is 13.6. The molecule has 0 radical (unpaired) electrons. The van der Waals surface area contributed by atoms with E-state index in [-0.39, 0.29) is 17.0 Å². The van der Waals surface area contributed by atoms with Crippen LogP contribution in [0.3, 0.4) is 0 Å². The van der Waals surface area contributed by atoms with Gasteiger partial charge in [0.25, 0.3) is 11.5 Å². The number of nitrogens with zero attached hydrogens (tertiary/aromatic N) is 2. The highest BCUT2D eigenvalue weighted by molar-refractivity contribution is 7.89. The second-order valence-electron chi connectivity index (χ2n) is 8.69. The third-order valence-electron chi connectivity index (χ3n) is 5.61. The first kappa shape index (κ1) is 24.6. The summed E-state index contributed by atoms with van der Waals surface area (Å²) in [7, 11) is -3.99. The lowest BCUT2D eigenvalue weighted by atomic mass is 10.0. The first-order valence-corrected chi connectivity index (χ1v) is 13.3. The molecular weight excluding hydrogens is 475 g/mol. The number of benzene rings is 1. The number of sulfonamides is 1. The van der Waals surface area contributed by atoms with E-state index in [0.29, 0.717) is 30.4 Å². The molecule has 1 aliphatic carbocycles. The summed E-state index contributed by atoms with van der Waals surface area (Å²) in [5, 5.41) is 4.37. The maximum Gasteiger partial charge on any atom is 0.271 e. The Morgan fingerprint density at radius 1 is 1.26 bits per heavy atom. The Morgan fingerprint density at radius 3 is 2.60 bits per heavy atom. The summed E-state index contributed by atoms with van der Waals surface area (Å²) < 4.78 is 48.2. The third-order valence-corrected chi connectivity index (χ3v) is 6.16. The van der Waals surface area contributed by atoms with Gasteiger partial charge in [0.15, 0.2) is 5.82 Å². The second kappa shape index (κ2) is 10.0. The van der Waals surface area contributed by atoms with E-state index in [1.54, 1.807) is 39.9 Å². The van der Waals surface area contributed by atoms with E-state index in [1.165, 1.54) is 6.07 Å². The summed E-state index contributed by atoms with van der Waals surface area (Å²) in [5.74, 6) is -1.02. The molecule has 2 N–H and O–H groups in total. The molecule has 1 amide bonds. The third kappa shape index (κ3) is 5.97. The van der Waals surface area contributed by atoms with Gasteiger partial charge in [-0.3, -0.25) is 14.3 Å². The summed E-state index contributed by atoms with van der Waals surface area (Å²) in [4.78, 5) is 28.1. The van der Waals surface area contributed by atoms with E-state index in [9.17, 15) is 18.0 Å². The number of aromatic nitrogens is 3. The average Bonchev–Trinajstić information content (AvgIpc) is 3.49. The van der Waals surface area contributed by atoms with Gasteiger partial charge < -0.3 is 9.72 Å². The van der Waals surface area contributed by atoms with Crippen LogP contribution in [0.5, 0.6) is 5.75 Å². The topological polar surface area (TPSA) is 123 Å². The number of hydrogen-bond acceptors (Lipinski definition) is 6. The van der Waals surface area contributed by atoms with Gasteiger partial charge in [0.05, 0.1) is 29.8 Å². The number of unbranched alkanes of at least 4 members (excludes halogenated alkanes) is 1. The smallest absolute Gasteiger partial charge is 0.271 e. The van der Waals surface area contributed by atoms with Crippen molar-refractivity contribution in [1.82, 2.24) is 19.5 Å². The molecule has 1 saturated carbocycles. The number of aromatic amines is 1. The molecule has 0 atom stereocenters. The molecule has 11 heteroatoms. The predicted molar refractivity (Wildman–Crippen MR) is 129 cm³/mol. The molecule has 0 saturated heterocycles. The van der Waals surface area contributed by atoms with Crippen molar-refractivity contribution in [1.29, 1.82) is 0 Å². The number of amides is 1. The molecule has 186 valence electrons. The summed E-state index contributed by atoms with van der Waals surface area (Å²) in [6.45, 7) is 3.25. The number of hydrogen-bond donors (Lipinski definition) is 2. The van der Waals surface area contributed by atoms with Gasteiger partial charge in [0.2, 0.25) is 10.0 Å². The van der Waals surface area contributed by atoms with Crippen molar-refractivity contribution in [3.63, 3.8) is 0 Å². The molecule has 1 aromatic carbocycles. The van der Waals surface area contributed by atoms with Gasteiger partial charge in [-0.15, -0.1) is 0 Å². The number of carbonyl (C=O) groups is 1. The van der Waals surface area contributed by atoms with Crippen molar-refractivity contribution >= 4 is 15.9 Å². The Bertz CT molecular complexity index is 1390. The fourth-order valence-corrected chi connectivity index (χ4v) is 4.11. The maximum absolute atomic E-state index is 15.9. The highest BCUT2D eigenvalue weighted by Crippen LogP contribution is 2.33. The molecule has 2 heterocycles. The average molecular weight is 503 g/mol. The summed E-state index contributed by atoms with van der Waals surface area (Å²) in [5.41, 5.74) is -1.67. The summed E-state index contributed by atoms with van der Waals surface area (Å²) >= 11 is 0. The molecule has 2 aromatic heterocycles. The van der Waals surface area contributed by atoms with Crippen LogP contribution in [0, 0.1) is 11.7 Å². The van der Waals surface area contributed by atoms with E-state index >= 15 is 4.39 Å². The van der Waals surface area contributed by atoms with E-state index in [1.807, 2.05) is 0 Å². The van der Waals surface area contributed by atoms with E-state index in [2.05, 4.69) is 17.0 Å². The number of carbonyl (C=O) groups excluding carboxylic acids is 1. The minimum Gasteiger partial charge on any atom is -0.494 e. The second-order valence-corrected chi connectivity index (χ2v) is 10.4. The van der Waals surface area contributed by atoms with Crippen LogP contribution in [0.1, 0.15) is 43.0 Å². The Balaban J connectivity index is 1.78. The lowest BCUT2D eigenvalue weighted by Crippen LogP contribution is -2.35. The monoisotopic (exact) mass is 502 g/mol. The molecule has 0 bridgehead atoms. The lowest BCUT2D eigenvalue weighted by molar-refractivity contribution is 0.0980. The van der Waals surface area contributed by atoms with E-state index < -0.39 is 32.9 Å². The molecule has 9 nitrogen and oxygen atoms in total. The number of halogens is 1. The van der Waals surface area contributed by atoms with Crippen LogP contribution >= 0.6 is 0 Å². The van der Waals surface area contributed by atoms with Crippen molar-refractivity contribution in [2.75, 3.05) is 12.9 Å². The van der Waals surface area contributed by atoms with Gasteiger partial charge >= 0.3 is 0 Å². The van der Waals surface area contributed by atoms with Crippen molar-refractivity contribution in [2.24, 2.45) is 5.92 Å². The molecule has 35 heavy (non-hydrogen) atoms. The standard InChI is InChI=1S/C24H27FN4O5S/c1-3-4-13-34-17-9-7-16(8-10-17)22-21(25)19(18-11-12-29(27-18)14-15-5-6-15)20(23(30)26-22)24(31)28-35(2,32)33/h7-12,15H,3-6,13-14H2,1-2H3,(H,26,30)(H,28,31). The Hall–Kier alpha value is -3.47. The van der Waals surface area contributed by atoms with Crippen LogP contribution < -0.4 is 15.0 Å². The molecule has 1 aliphatic rings. The van der Waals surface area contributed by atoms with Gasteiger partial charge in [-0.1, -0.05) is 13.3 Å². The van der Waals surface area contributed by atoms with Crippen molar-refractivity contribution in [3.05, 3.63) is 58.3 Å². The molecule has 4 rings (SSSR count). The van der Waals surface area contributed by atoms with Gasteiger partial charge in [0, 0.05) is 18.3 Å². The first-order chi connectivity index (χ1) is 16.7. The van der Waals surface area contributed by atoms with Crippen LogP contribution in [0.25, 0.3) is 22.5 Å². The Labute approximate surface area is 202 Å². The van der Waals surface area contributed by atoms with Gasteiger partial charge in [-0.25, -0.2) is 17.5 Å². The number of rotatable bonds is 10. The Kier molecular flexibility index (Phi) is 7.06. The number of H-pyrrole nitrogens is 1. The van der Waals surface area contributed by atoms with Crippen LogP contribution in [0.15, 0.2) is 41.3 Å². The Morgan fingerprint density at radius 2 is 1.97 bits per heavy atom. The van der Waals surface area contributed by atoms with Crippen molar-refractivity contribution in [3.8, 4) is 28.3 Å². The minimum absolute atomic E-state index is 0.0636. The zero-order valence-electron chi connectivity index (χ0n) is 19.5. The van der Waals surface area contributed by atoms with Crippen LogP contribution in [-0.4, -0.2) is 42.0 Å². The minimum atomic E-state index is -3.99. The molecule has 0 unspecified atom stereocenters. The number of ether oxygens (including phenoxy) is 1. The molecule has 0 spiro atoms. The molecule has 3 aromatic rings. The largest absolute Gasteiger partial charge is 0.494 e. The number of pyridine rings is 1. The van der Waals surface area contributed by atoms with Crippen LogP contribution in [-0.2, 0) is 16.6 Å². The molecule has 0 aliphatic heterocycles. The lowest BCUT2D eigenvalue weighted by Gasteiger charge is -2.13. The fraction of sp³-hybridized carbons (Fsp3) is 0.375. The zero-order valence-corrected chi connectivity index (χ0v) is 20.3. The van der Waals surface area contributed by atoms with Gasteiger partial charge in [-0.2, -0.15) is 5.10 Å². The van der Waals surface area contributed by atoms with Crippen molar-refractivity contribution in [2.45, 2.75) is 39.2 Å². The summed E-state index contributed by atoms with van der Waals surface area (Å²) in [6.07, 6.45) is 6.48. The SMILES string of the molecule is CCCCOc1ccc(-c2[nH]c(=O)c(C(=O)NS(C)(=O)=O)c(-c3ccn(CC4CC4)n3)c2F)cc1. The highest BCUT2D eigenvalue weighted by Gasteiger charge is 2.28. The predicted octanol–water partition coefficient (Wildman–Crippen LogP) is 3.32.